The number of thioether (sulfide) groups is 1. The fourth-order valence-electron chi connectivity index (χ4n) is 1.42. The number of hydrogen-bond donors (Lipinski definition) is 2. The van der Waals surface area contributed by atoms with Crippen molar-refractivity contribution in [1.82, 2.24) is 4.90 Å². The van der Waals surface area contributed by atoms with E-state index in [1.807, 2.05) is 30.3 Å². The van der Waals surface area contributed by atoms with Crippen LogP contribution in [0.1, 0.15) is 0 Å². The van der Waals surface area contributed by atoms with E-state index in [1.165, 1.54) is 18.8 Å². The van der Waals surface area contributed by atoms with Crippen molar-refractivity contribution >= 4 is 29.5 Å². The Bertz CT molecular complexity index is 377. The van der Waals surface area contributed by atoms with Gasteiger partial charge in [-0.25, -0.2) is 4.79 Å². The van der Waals surface area contributed by atoms with E-state index in [2.05, 4.69) is 0 Å². The molecule has 0 aromatic heterocycles. The van der Waals surface area contributed by atoms with E-state index in [-0.39, 0.29) is 5.88 Å². The average molecular weight is 290 g/mol. The fourth-order valence-corrected chi connectivity index (χ4v) is 2.79. The van der Waals surface area contributed by atoms with Crippen molar-refractivity contribution in [2.45, 2.75) is 17.0 Å². The van der Waals surface area contributed by atoms with Crippen molar-refractivity contribution in [3.8, 4) is 0 Å². The Kier molecular flexibility index (Phi) is 6.32. The van der Waals surface area contributed by atoms with Crippen molar-refractivity contribution < 1.29 is 15.0 Å². The summed E-state index contributed by atoms with van der Waals surface area (Å²) < 4.78 is 0. The molecule has 2 N–H and O–H groups in total. The molecule has 0 saturated heterocycles. The molecular formula is C12H16ClNO3S. The standard InChI is InChI=1S/C12H16ClNO3S/c1-14(12(16)17)10(11(15)7-13)8-18-9-5-3-2-4-6-9/h2-6,10-11,15H,7-8H2,1H3,(H,16,17)/t10-,11+/m0/s1. The zero-order valence-corrected chi connectivity index (χ0v) is 11.6. The number of carbonyl (C=O) groups is 1. The molecule has 1 aromatic rings. The van der Waals surface area contributed by atoms with Gasteiger partial charge in [-0.3, -0.25) is 0 Å². The Morgan fingerprint density at radius 2 is 2.06 bits per heavy atom. The highest BCUT2D eigenvalue weighted by atomic mass is 35.5. The van der Waals surface area contributed by atoms with Gasteiger partial charge in [0, 0.05) is 17.7 Å². The summed E-state index contributed by atoms with van der Waals surface area (Å²) >= 11 is 7.09. The van der Waals surface area contributed by atoms with Gasteiger partial charge in [0.1, 0.15) is 0 Å². The summed E-state index contributed by atoms with van der Waals surface area (Å²) in [5, 5.41) is 18.7. The normalized spacial score (nSPS) is 13.9. The zero-order valence-electron chi connectivity index (χ0n) is 9.99. The van der Waals surface area contributed by atoms with Gasteiger partial charge in [0.15, 0.2) is 0 Å². The molecule has 0 fully saturated rings. The number of hydrogen-bond acceptors (Lipinski definition) is 3. The maximum Gasteiger partial charge on any atom is 0.407 e. The molecule has 18 heavy (non-hydrogen) atoms. The van der Waals surface area contributed by atoms with Gasteiger partial charge in [-0.05, 0) is 12.1 Å². The number of aliphatic hydroxyl groups is 1. The summed E-state index contributed by atoms with van der Waals surface area (Å²) in [6.45, 7) is 0. The predicted molar refractivity (Wildman–Crippen MR) is 73.5 cm³/mol. The molecule has 1 aromatic carbocycles. The lowest BCUT2D eigenvalue weighted by Crippen LogP contribution is -2.46. The predicted octanol–water partition coefficient (Wildman–Crippen LogP) is 2.36. The first kappa shape index (κ1) is 15.1. The Morgan fingerprint density at radius 1 is 1.44 bits per heavy atom. The molecule has 2 atom stereocenters. The molecule has 0 heterocycles. The maximum absolute atomic E-state index is 10.9. The van der Waals surface area contributed by atoms with E-state index in [1.54, 1.807) is 0 Å². The van der Waals surface area contributed by atoms with E-state index >= 15 is 0 Å². The number of alkyl halides is 1. The van der Waals surface area contributed by atoms with E-state index < -0.39 is 18.2 Å². The molecule has 0 bridgehead atoms. The van der Waals surface area contributed by atoms with Gasteiger partial charge in [-0.1, -0.05) is 18.2 Å². The van der Waals surface area contributed by atoms with E-state index in [0.717, 1.165) is 9.80 Å². The summed E-state index contributed by atoms with van der Waals surface area (Å²) in [5.41, 5.74) is 0. The van der Waals surface area contributed by atoms with Gasteiger partial charge in [0.05, 0.1) is 18.0 Å². The second-order valence-corrected chi connectivity index (χ2v) is 5.21. The molecule has 0 saturated carbocycles. The van der Waals surface area contributed by atoms with Crippen molar-refractivity contribution in [3.63, 3.8) is 0 Å². The number of amides is 1. The number of aliphatic hydroxyl groups excluding tert-OH is 1. The molecule has 0 aliphatic rings. The van der Waals surface area contributed by atoms with Crippen LogP contribution < -0.4 is 0 Å². The largest absolute Gasteiger partial charge is 0.465 e. The Labute approximate surface area is 116 Å². The van der Waals surface area contributed by atoms with Crippen molar-refractivity contribution in [1.29, 1.82) is 0 Å². The smallest absolute Gasteiger partial charge is 0.407 e. The SMILES string of the molecule is CN(C(=O)O)[C@@H](CSc1ccccc1)[C@H](O)CCl. The number of carboxylic acid groups (broad SMARTS) is 1. The van der Waals surface area contributed by atoms with Crippen LogP contribution in [0.5, 0.6) is 0 Å². The van der Waals surface area contributed by atoms with Crippen LogP contribution >= 0.6 is 23.4 Å². The third kappa shape index (κ3) is 4.40. The van der Waals surface area contributed by atoms with Crippen molar-refractivity contribution in [2.24, 2.45) is 0 Å². The molecular weight excluding hydrogens is 274 g/mol. The monoisotopic (exact) mass is 289 g/mol. The molecule has 1 amide bonds. The van der Waals surface area contributed by atoms with E-state index in [9.17, 15) is 9.90 Å². The summed E-state index contributed by atoms with van der Waals surface area (Å²) in [5.74, 6) is 0.471. The first-order valence-electron chi connectivity index (χ1n) is 5.44. The first-order chi connectivity index (χ1) is 8.56. The number of nitrogens with zero attached hydrogens (tertiary/aromatic N) is 1. The molecule has 1 rings (SSSR count). The third-order valence-electron chi connectivity index (χ3n) is 2.57. The minimum Gasteiger partial charge on any atom is -0.465 e. The Morgan fingerprint density at radius 3 is 2.56 bits per heavy atom. The highest BCUT2D eigenvalue weighted by molar-refractivity contribution is 7.99. The highest BCUT2D eigenvalue weighted by Crippen LogP contribution is 2.21. The summed E-state index contributed by atoms with van der Waals surface area (Å²) in [6, 6.07) is 9.10. The zero-order chi connectivity index (χ0) is 13.5. The summed E-state index contributed by atoms with van der Waals surface area (Å²) in [6.07, 6.45) is -1.94. The number of rotatable bonds is 6. The summed E-state index contributed by atoms with van der Waals surface area (Å²) in [7, 11) is 1.44. The van der Waals surface area contributed by atoms with Gasteiger partial charge in [0.25, 0.3) is 0 Å². The lowest BCUT2D eigenvalue weighted by Gasteiger charge is -2.28. The summed E-state index contributed by atoms with van der Waals surface area (Å²) in [4.78, 5) is 13.1. The minimum absolute atomic E-state index is 0.0115. The van der Waals surface area contributed by atoms with Crippen molar-refractivity contribution in [3.05, 3.63) is 30.3 Å². The quantitative estimate of drug-likeness (QED) is 0.623. The van der Waals surface area contributed by atoms with E-state index in [0.29, 0.717) is 5.75 Å². The van der Waals surface area contributed by atoms with Crippen LogP contribution in [0.2, 0.25) is 0 Å². The molecule has 100 valence electrons. The lowest BCUT2D eigenvalue weighted by atomic mass is 10.2. The topological polar surface area (TPSA) is 60.8 Å². The van der Waals surface area contributed by atoms with E-state index in [4.69, 9.17) is 16.7 Å². The van der Waals surface area contributed by atoms with Crippen LogP contribution in [-0.2, 0) is 0 Å². The average Bonchev–Trinajstić information content (AvgIpc) is 2.39. The first-order valence-corrected chi connectivity index (χ1v) is 6.96. The Balaban J connectivity index is 2.64. The van der Waals surface area contributed by atoms with Crippen LogP contribution in [0.25, 0.3) is 0 Å². The van der Waals surface area contributed by atoms with Crippen LogP contribution in [-0.4, -0.2) is 52.0 Å². The molecule has 6 heteroatoms. The second kappa shape index (κ2) is 7.51. The lowest BCUT2D eigenvalue weighted by molar-refractivity contribution is 0.0819. The Hall–Kier alpha value is -0.910. The fraction of sp³-hybridized carbons (Fsp3) is 0.417. The molecule has 0 unspecified atom stereocenters. The number of likely N-dealkylation sites (N-methyl/N-ethyl adjacent to an activating group) is 1. The molecule has 0 spiro atoms. The van der Waals surface area contributed by atoms with Gasteiger partial charge in [-0.2, -0.15) is 0 Å². The minimum atomic E-state index is -1.07. The molecule has 0 radical (unpaired) electrons. The number of benzene rings is 1. The third-order valence-corrected chi connectivity index (χ3v) is 4.00. The molecule has 0 aliphatic heterocycles. The van der Waals surface area contributed by atoms with Crippen LogP contribution in [0.15, 0.2) is 35.2 Å². The maximum atomic E-state index is 10.9. The van der Waals surface area contributed by atoms with Crippen LogP contribution in [0, 0.1) is 0 Å². The molecule has 4 nitrogen and oxygen atoms in total. The van der Waals surface area contributed by atoms with Gasteiger partial charge in [-0.15, -0.1) is 23.4 Å². The van der Waals surface area contributed by atoms with Crippen LogP contribution in [0.3, 0.4) is 0 Å². The van der Waals surface area contributed by atoms with Gasteiger partial charge in [0.2, 0.25) is 0 Å². The van der Waals surface area contributed by atoms with Gasteiger partial charge < -0.3 is 15.1 Å². The molecule has 0 aliphatic carbocycles. The number of halogens is 1. The van der Waals surface area contributed by atoms with Crippen molar-refractivity contribution in [2.75, 3.05) is 18.7 Å². The second-order valence-electron chi connectivity index (χ2n) is 3.81. The van der Waals surface area contributed by atoms with Gasteiger partial charge >= 0.3 is 6.09 Å². The van der Waals surface area contributed by atoms with Crippen LogP contribution in [0.4, 0.5) is 4.79 Å². The highest BCUT2D eigenvalue weighted by Gasteiger charge is 2.26.